The van der Waals surface area contributed by atoms with Gasteiger partial charge in [-0.15, -0.1) is 11.8 Å². The van der Waals surface area contributed by atoms with E-state index < -0.39 is 28.2 Å². The first kappa shape index (κ1) is 30.7. The monoisotopic (exact) mass is 573 g/mol. The summed E-state index contributed by atoms with van der Waals surface area (Å²) in [5, 5.41) is 15.7. The second-order valence-electron chi connectivity index (χ2n) is 13.6. The quantitative estimate of drug-likeness (QED) is 0.337. The second-order valence-corrected chi connectivity index (χ2v) is 15.1. The Hall–Kier alpha value is -2.26. The molecule has 3 aliphatic rings. The van der Waals surface area contributed by atoms with E-state index in [0.29, 0.717) is 31.7 Å². The third kappa shape index (κ3) is 5.87. The molecule has 6 atom stereocenters. The van der Waals surface area contributed by atoms with Crippen LogP contribution in [0.25, 0.3) is 0 Å². The van der Waals surface area contributed by atoms with Crippen molar-refractivity contribution < 1.29 is 24.2 Å². The molecule has 8 nitrogen and oxygen atoms in total. The maximum Gasteiger partial charge on any atom is 0.244 e. The van der Waals surface area contributed by atoms with Crippen LogP contribution in [0.1, 0.15) is 74.1 Å². The van der Waals surface area contributed by atoms with E-state index in [1.807, 2.05) is 45.0 Å². The van der Waals surface area contributed by atoms with Gasteiger partial charge in [0.05, 0.1) is 23.2 Å². The molecule has 222 valence electrons. The summed E-state index contributed by atoms with van der Waals surface area (Å²) < 4.78 is 4.85. The summed E-state index contributed by atoms with van der Waals surface area (Å²) in [7, 11) is 0. The second kappa shape index (κ2) is 11.6. The van der Waals surface area contributed by atoms with Gasteiger partial charge in [-0.2, -0.15) is 0 Å². The van der Waals surface area contributed by atoms with Crippen LogP contribution in [0.4, 0.5) is 5.69 Å². The highest BCUT2D eigenvalue weighted by molar-refractivity contribution is 8.02. The smallest absolute Gasteiger partial charge is 0.244 e. The minimum Gasteiger partial charge on any atom is -0.494 e. The van der Waals surface area contributed by atoms with Gasteiger partial charge < -0.3 is 25.4 Å². The zero-order chi connectivity index (χ0) is 29.5. The van der Waals surface area contributed by atoms with Crippen LogP contribution >= 0.6 is 11.8 Å². The summed E-state index contributed by atoms with van der Waals surface area (Å²) in [4.78, 5) is 43.9. The highest BCUT2D eigenvalue weighted by Gasteiger charge is 2.76. The summed E-state index contributed by atoms with van der Waals surface area (Å²) in [5.74, 6) is -0.655. The number of nitrogens with zero attached hydrogens (tertiary/aromatic N) is 1. The average molecular weight is 574 g/mol. The molecular formula is C31H47N3O5S. The Kier molecular flexibility index (Phi) is 8.86. The Morgan fingerprint density at radius 2 is 1.80 bits per heavy atom. The predicted molar refractivity (Wildman–Crippen MR) is 159 cm³/mol. The number of aliphatic hydroxyl groups is 1. The highest BCUT2D eigenvalue weighted by atomic mass is 32.2. The first-order valence-corrected chi connectivity index (χ1v) is 15.6. The fraction of sp³-hybridized carbons (Fsp3) is 0.710. The molecule has 2 bridgehead atoms. The SMILES string of the molecule is CCOc1ccc(NC(=O)[C@@H]2[C@@H]3CC(C)C4(S3)C(C(=O)NC(C)(C)CC(C)(C)C)N(CCCCO)C(=O)[C@H]24)cc1. The van der Waals surface area contributed by atoms with Gasteiger partial charge in [0.2, 0.25) is 17.7 Å². The van der Waals surface area contributed by atoms with Crippen molar-refractivity contribution in [2.24, 2.45) is 23.2 Å². The Morgan fingerprint density at radius 1 is 1.12 bits per heavy atom. The molecule has 3 saturated heterocycles. The maximum absolute atomic E-state index is 14.2. The number of fused-ring (bicyclic) bond motifs is 1. The largest absolute Gasteiger partial charge is 0.494 e. The Morgan fingerprint density at radius 3 is 2.40 bits per heavy atom. The number of amides is 3. The van der Waals surface area contributed by atoms with Crippen molar-refractivity contribution in [3.8, 4) is 5.75 Å². The van der Waals surface area contributed by atoms with E-state index in [-0.39, 0.29) is 40.9 Å². The topological polar surface area (TPSA) is 108 Å². The van der Waals surface area contributed by atoms with E-state index in [4.69, 9.17) is 4.74 Å². The number of hydrogen-bond acceptors (Lipinski definition) is 6. The van der Waals surface area contributed by atoms with Crippen LogP contribution in [0.5, 0.6) is 5.75 Å². The molecule has 40 heavy (non-hydrogen) atoms. The lowest BCUT2D eigenvalue weighted by Crippen LogP contribution is -2.60. The molecule has 0 aromatic heterocycles. The molecule has 3 aliphatic heterocycles. The zero-order valence-corrected chi connectivity index (χ0v) is 25.9. The molecule has 3 N–H and O–H groups in total. The molecule has 3 fully saturated rings. The van der Waals surface area contributed by atoms with Crippen LogP contribution in [-0.2, 0) is 14.4 Å². The van der Waals surface area contributed by atoms with Gasteiger partial charge >= 0.3 is 0 Å². The Balaban J connectivity index is 1.63. The predicted octanol–water partition coefficient (Wildman–Crippen LogP) is 4.46. The molecule has 1 aromatic rings. The third-order valence-electron chi connectivity index (χ3n) is 8.47. The number of anilines is 1. The van der Waals surface area contributed by atoms with Gasteiger partial charge in [0, 0.05) is 29.6 Å². The molecule has 9 heteroatoms. The number of carbonyl (C=O) groups excluding carboxylic acids is 3. The number of carbonyl (C=O) groups is 3. The zero-order valence-electron chi connectivity index (χ0n) is 25.1. The molecule has 3 unspecified atom stereocenters. The summed E-state index contributed by atoms with van der Waals surface area (Å²) in [6.07, 6.45) is 2.73. The number of thioether (sulfide) groups is 1. The number of rotatable bonds is 11. The van der Waals surface area contributed by atoms with Gasteiger partial charge in [0.15, 0.2) is 0 Å². The highest BCUT2D eigenvalue weighted by Crippen LogP contribution is 2.68. The van der Waals surface area contributed by atoms with E-state index in [1.165, 1.54) is 0 Å². The van der Waals surface area contributed by atoms with Gasteiger partial charge in [-0.1, -0.05) is 27.7 Å². The van der Waals surface area contributed by atoms with Crippen molar-refractivity contribution in [3.63, 3.8) is 0 Å². The van der Waals surface area contributed by atoms with E-state index in [9.17, 15) is 19.5 Å². The van der Waals surface area contributed by atoms with Crippen LogP contribution in [0.3, 0.4) is 0 Å². The molecule has 4 rings (SSSR count). The number of ether oxygens (including phenoxy) is 1. The first-order chi connectivity index (χ1) is 18.7. The van der Waals surface area contributed by atoms with Gasteiger partial charge in [0.1, 0.15) is 11.8 Å². The lowest BCUT2D eigenvalue weighted by Gasteiger charge is -2.41. The minimum absolute atomic E-state index is 0.0157. The van der Waals surface area contributed by atoms with Crippen molar-refractivity contribution in [1.82, 2.24) is 10.2 Å². The van der Waals surface area contributed by atoms with Crippen LogP contribution in [0, 0.1) is 23.2 Å². The summed E-state index contributed by atoms with van der Waals surface area (Å²) in [5.41, 5.74) is 0.215. The number of hydrogen-bond donors (Lipinski definition) is 3. The molecule has 3 amide bonds. The molecule has 0 aliphatic carbocycles. The van der Waals surface area contributed by atoms with Crippen molar-refractivity contribution >= 4 is 35.2 Å². The Labute approximate surface area is 243 Å². The molecule has 0 saturated carbocycles. The first-order valence-electron chi connectivity index (χ1n) is 14.7. The van der Waals surface area contributed by atoms with E-state index in [2.05, 4.69) is 38.3 Å². The van der Waals surface area contributed by atoms with Crippen molar-refractivity contribution in [1.29, 1.82) is 0 Å². The lowest BCUT2D eigenvalue weighted by molar-refractivity contribution is -0.139. The number of unbranched alkanes of at least 4 members (excludes halogenated alkanes) is 1. The molecule has 3 heterocycles. The van der Waals surface area contributed by atoms with E-state index in [0.717, 1.165) is 18.6 Å². The fourth-order valence-electron chi connectivity index (χ4n) is 7.55. The summed E-state index contributed by atoms with van der Waals surface area (Å²) in [6, 6.07) is 6.61. The van der Waals surface area contributed by atoms with Crippen LogP contribution in [0.15, 0.2) is 24.3 Å². The standard InChI is InChI=1S/C31H47N3O5S/c1-8-39-21-13-11-20(12-14-21)32-26(36)23-22-17-19(2)31(40-22)24(23)28(38)34(15-9-10-16-35)25(31)27(37)33-30(6,7)18-29(3,4)5/h11-14,19,22-25,35H,8-10,15-18H2,1-7H3,(H,32,36)(H,33,37)/t19?,22-,23+,24-,25?,31?/m0/s1. The normalized spacial score (nSPS) is 29.4. The van der Waals surface area contributed by atoms with Crippen LogP contribution < -0.4 is 15.4 Å². The summed E-state index contributed by atoms with van der Waals surface area (Å²) in [6.45, 7) is 15.6. The molecule has 1 spiro atoms. The van der Waals surface area contributed by atoms with E-state index >= 15 is 0 Å². The minimum atomic E-state index is -0.663. The molecule has 1 aromatic carbocycles. The van der Waals surface area contributed by atoms with Gasteiger partial charge in [0.25, 0.3) is 0 Å². The van der Waals surface area contributed by atoms with Crippen molar-refractivity contribution in [2.45, 2.75) is 95.7 Å². The van der Waals surface area contributed by atoms with Crippen LogP contribution in [0.2, 0.25) is 0 Å². The Bertz CT molecular complexity index is 1100. The number of aliphatic hydroxyl groups excluding tert-OH is 1. The van der Waals surface area contributed by atoms with Crippen molar-refractivity contribution in [2.75, 3.05) is 25.1 Å². The number of nitrogens with one attached hydrogen (secondary N) is 2. The number of benzene rings is 1. The summed E-state index contributed by atoms with van der Waals surface area (Å²) >= 11 is 1.68. The van der Waals surface area contributed by atoms with Gasteiger partial charge in [-0.05, 0) is 82.1 Å². The molecule has 0 radical (unpaired) electrons. The average Bonchev–Trinajstić information content (AvgIpc) is 3.42. The number of likely N-dealkylation sites (tertiary alicyclic amines) is 1. The fourth-order valence-corrected chi connectivity index (χ4v) is 9.98. The lowest BCUT2D eigenvalue weighted by atomic mass is 9.65. The molecular weight excluding hydrogens is 526 g/mol. The van der Waals surface area contributed by atoms with E-state index in [1.54, 1.807) is 16.7 Å². The van der Waals surface area contributed by atoms with Crippen LogP contribution in [-0.4, -0.2) is 69.1 Å². The van der Waals surface area contributed by atoms with Gasteiger partial charge in [-0.3, -0.25) is 14.4 Å². The maximum atomic E-state index is 14.2. The third-order valence-corrected chi connectivity index (χ3v) is 10.5. The van der Waals surface area contributed by atoms with Crippen molar-refractivity contribution in [3.05, 3.63) is 24.3 Å². The van der Waals surface area contributed by atoms with Gasteiger partial charge in [-0.25, -0.2) is 0 Å².